The van der Waals surface area contributed by atoms with Crippen molar-refractivity contribution in [2.75, 3.05) is 0 Å². The fourth-order valence-electron chi connectivity index (χ4n) is 14.4. The third kappa shape index (κ3) is 7.65. The van der Waals surface area contributed by atoms with Crippen LogP contribution in [0.1, 0.15) is 0 Å². The zero-order valence-electron chi connectivity index (χ0n) is 48.4. The van der Waals surface area contributed by atoms with Crippen LogP contribution in [-0.2, 0) is 0 Å². The second-order valence-electron chi connectivity index (χ2n) is 23.4. The number of hydrogen-bond acceptors (Lipinski definition) is 4. The molecule has 6 heterocycles. The van der Waals surface area contributed by atoms with Crippen LogP contribution in [0.25, 0.3) is 187 Å². The van der Waals surface area contributed by atoms with E-state index in [0.29, 0.717) is 0 Å². The van der Waals surface area contributed by atoms with Crippen molar-refractivity contribution in [1.29, 1.82) is 0 Å². The minimum Gasteiger partial charge on any atom is -0.456 e. The summed E-state index contributed by atoms with van der Waals surface area (Å²) in [5.41, 5.74) is 23.3. The molecule has 6 nitrogen and oxygen atoms in total. The SMILES string of the molecule is c1cc(-c2ccc(-n3c4ccccc4c4ccccc43)cc2)cc(-c2cccc3oc4ccc5c6ccccc6oc5c4c23)c1.c1ccc(-n2c3ccccc3c3cc(-c4ccc(-c5cccc6oc7ccc8c9ccccc9oc8c7c56)cc4)ccc32)cc1. The van der Waals surface area contributed by atoms with Gasteiger partial charge in [-0.2, -0.15) is 0 Å². The molecule has 0 fully saturated rings. The van der Waals surface area contributed by atoms with Crippen LogP contribution >= 0.6 is 0 Å². The third-order valence-electron chi connectivity index (χ3n) is 18.4. The van der Waals surface area contributed by atoms with Crippen LogP contribution < -0.4 is 0 Å². The highest BCUT2D eigenvalue weighted by Gasteiger charge is 2.22. The average Bonchev–Trinajstić information content (AvgIpc) is 1.64. The summed E-state index contributed by atoms with van der Waals surface area (Å²) in [7, 11) is 0. The van der Waals surface area contributed by atoms with E-state index in [1.165, 1.54) is 71.6 Å². The van der Waals surface area contributed by atoms with Crippen LogP contribution in [0, 0.1) is 0 Å². The summed E-state index contributed by atoms with van der Waals surface area (Å²) < 4.78 is 30.3. The Morgan fingerprint density at radius 3 is 1.14 bits per heavy atom. The Labute approximate surface area is 514 Å². The summed E-state index contributed by atoms with van der Waals surface area (Å²) in [6, 6.07) is 107. The quantitative estimate of drug-likeness (QED) is 0.166. The van der Waals surface area contributed by atoms with Crippen molar-refractivity contribution in [1.82, 2.24) is 9.13 Å². The van der Waals surface area contributed by atoms with Gasteiger partial charge in [0.2, 0.25) is 0 Å². The van der Waals surface area contributed by atoms with Gasteiger partial charge in [0.1, 0.15) is 44.7 Å². The zero-order valence-corrected chi connectivity index (χ0v) is 48.4. The van der Waals surface area contributed by atoms with Crippen molar-refractivity contribution in [3.63, 3.8) is 0 Å². The van der Waals surface area contributed by atoms with Crippen LogP contribution in [0.2, 0.25) is 0 Å². The molecule has 0 atom stereocenters. The lowest BCUT2D eigenvalue weighted by Crippen LogP contribution is -1.93. The average molecular weight is 1150 g/mol. The number of furan rings is 4. The molecule has 0 saturated carbocycles. The first kappa shape index (κ1) is 50.1. The number of aromatic nitrogens is 2. The van der Waals surface area contributed by atoms with Crippen LogP contribution in [-0.4, -0.2) is 9.13 Å². The summed E-state index contributed by atoms with van der Waals surface area (Å²) in [6.45, 7) is 0. The molecule has 0 aliphatic carbocycles. The van der Waals surface area contributed by atoms with Gasteiger partial charge in [-0.1, -0.05) is 194 Å². The Morgan fingerprint density at radius 1 is 0.189 bits per heavy atom. The third-order valence-corrected chi connectivity index (χ3v) is 18.4. The van der Waals surface area contributed by atoms with E-state index in [1.807, 2.05) is 36.4 Å². The molecule has 20 aromatic rings. The number of nitrogens with zero attached hydrogens (tertiary/aromatic N) is 2. The maximum Gasteiger partial charge on any atom is 0.147 e. The van der Waals surface area contributed by atoms with Gasteiger partial charge in [-0.15, -0.1) is 0 Å². The molecule has 420 valence electrons. The number of hydrogen-bond donors (Lipinski definition) is 0. The molecule has 0 radical (unpaired) electrons. The van der Waals surface area contributed by atoms with Crippen molar-refractivity contribution in [2.45, 2.75) is 0 Å². The van der Waals surface area contributed by atoms with Crippen molar-refractivity contribution in [3.8, 4) is 55.9 Å². The van der Waals surface area contributed by atoms with E-state index in [1.54, 1.807) is 0 Å². The molecule has 6 aromatic heterocycles. The fourth-order valence-corrected chi connectivity index (χ4v) is 14.4. The second-order valence-corrected chi connectivity index (χ2v) is 23.4. The lowest BCUT2D eigenvalue weighted by atomic mass is 9.95. The predicted molar refractivity (Wildman–Crippen MR) is 372 cm³/mol. The molecule has 0 unspecified atom stereocenters. The van der Waals surface area contributed by atoms with Gasteiger partial charge in [0.25, 0.3) is 0 Å². The number of para-hydroxylation sites is 6. The number of rotatable bonds is 6. The highest BCUT2D eigenvalue weighted by molar-refractivity contribution is 6.26. The smallest absolute Gasteiger partial charge is 0.147 e. The van der Waals surface area contributed by atoms with Gasteiger partial charge in [0, 0.05) is 65.2 Å². The lowest BCUT2D eigenvalue weighted by molar-refractivity contribution is 0.662. The normalized spacial score (nSPS) is 12.0. The number of fused-ring (bicyclic) bond motifs is 20. The minimum atomic E-state index is 0.834. The monoisotopic (exact) mass is 1150 g/mol. The van der Waals surface area contributed by atoms with Gasteiger partial charge in [-0.3, -0.25) is 0 Å². The van der Waals surface area contributed by atoms with E-state index in [4.69, 9.17) is 17.7 Å². The van der Waals surface area contributed by atoms with Crippen molar-refractivity contribution < 1.29 is 17.7 Å². The molecule has 0 aliphatic rings. The maximum absolute atomic E-state index is 6.45. The summed E-state index contributed by atoms with van der Waals surface area (Å²) in [6.07, 6.45) is 0. The van der Waals surface area contributed by atoms with Gasteiger partial charge >= 0.3 is 0 Å². The zero-order chi connectivity index (χ0) is 59.0. The van der Waals surface area contributed by atoms with Gasteiger partial charge < -0.3 is 26.8 Å². The molecule has 0 N–H and O–H groups in total. The van der Waals surface area contributed by atoms with Gasteiger partial charge in [0.15, 0.2) is 0 Å². The highest BCUT2D eigenvalue weighted by Crippen LogP contribution is 2.46. The van der Waals surface area contributed by atoms with Crippen LogP contribution in [0.15, 0.2) is 321 Å². The Hall–Kier alpha value is -12.1. The Morgan fingerprint density at radius 2 is 0.578 bits per heavy atom. The van der Waals surface area contributed by atoms with Crippen LogP contribution in [0.3, 0.4) is 0 Å². The van der Waals surface area contributed by atoms with Crippen molar-refractivity contribution in [2.24, 2.45) is 0 Å². The molecule has 14 aromatic carbocycles. The summed E-state index contributed by atoms with van der Waals surface area (Å²) in [4.78, 5) is 0. The molecule has 0 bridgehead atoms. The van der Waals surface area contributed by atoms with Gasteiger partial charge in [-0.05, 0) is 154 Å². The van der Waals surface area contributed by atoms with Gasteiger partial charge in [-0.25, -0.2) is 0 Å². The molecular weight excluding hydrogens is 1100 g/mol. The Bertz CT molecular complexity index is 6210. The molecule has 90 heavy (non-hydrogen) atoms. The van der Waals surface area contributed by atoms with E-state index in [0.717, 1.165) is 116 Å². The molecule has 0 spiro atoms. The first-order chi connectivity index (χ1) is 44.6. The summed E-state index contributed by atoms with van der Waals surface area (Å²) in [5, 5.41) is 13.7. The van der Waals surface area contributed by atoms with E-state index in [2.05, 4.69) is 276 Å². The first-order valence-electron chi connectivity index (χ1n) is 30.5. The molecule has 0 saturated heterocycles. The topological polar surface area (TPSA) is 62.4 Å². The Balaban J connectivity index is 0.000000130. The van der Waals surface area contributed by atoms with Crippen LogP contribution in [0.5, 0.6) is 0 Å². The number of benzene rings is 14. The van der Waals surface area contributed by atoms with Gasteiger partial charge in [0.05, 0.1) is 32.8 Å². The van der Waals surface area contributed by atoms with E-state index >= 15 is 0 Å². The van der Waals surface area contributed by atoms with E-state index in [9.17, 15) is 0 Å². The molecule has 0 aliphatic heterocycles. The molecule has 0 amide bonds. The maximum atomic E-state index is 6.45. The molecular formula is C84H50N2O4. The summed E-state index contributed by atoms with van der Waals surface area (Å²) in [5.74, 6) is 0. The molecule has 20 rings (SSSR count). The van der Waals surface area contributed by atoms with Crippen molar-refractivity contribution >= 4 is 131 Å². The first-order valence-corrected chi connectivity index (χ1v) is 30.5. The van der Waals surface area contributed by atoms with E-state index < -0.39 is 0 Å². The van der Waals surface area contributed by atoms with E-state index in [-0.39, 0.29) is 0 Å². The lowest BCUT2D eigenvalue weighted by Gasteiger charge is -2.11. The molecule has 6 heteroatoms. The van der Waals surface area contributed by atoms with Crippen LogP contribution in [0.4, 0.5) is 0 Å². The highest BCUT2D eigenvalue weighted by atomic mass is 16.4. The van der Waals surface area contributed by atoms with Crippen molar-refractivity contribution in [3.05, 3.63) is 303 Å². The second kappa shape index (κ2) is 19.7. The minimum absolute atomic E-state index is 0.834. The largest absolute Gasteiger partial charge is 0.456 e. The standard InChI is InChI=1S/2C42H25NO2/c1-4-15-35-31(11-1)32-12-2-5-16-36(32)43(35)29-21-19-26(20-22-29)27-9-7-10-28(25-27)30-14-8-18-38-40(30)41-39(44-38)24-23-34-33-13-3-6-17-37(33)45-42(34)41;1-2-9-29(10-3-1)43-35-14-6-4-11-31(35)34-25-28(21-23-36(34)43)26-17-19-27(20-18-26)30-13-8-16-38-40(30)41-39(44-38)24-22-33-32-12-5-7-15-37(32)45-42(33)41/h2*1-25H. The fraction of sp³-hybridized carbons (Fsp3) is 0. The Kier molecular flexibility index (Phi) is 11.0. The summed E-state index contributed by atoms with van der Waals surface area (Å²) >= 11 is 0. The predicted octanol–water partition coefficient (Wildman–Crippen LogP) is 23.8.